The van der Waals surface area contributed by atoms with E-state index in [0.717, 1.165) is 24.9 Å². The summed E-state index contributed by atoms with van der Waals surface area (Å²) in [5.74, 6) is 0. The van der Waals surface area contributed by atoms with Gasteiger partial charge in [0.25, 0.3) is 0 Å². The molecule has 0 aliphatic heterocycles. The molecule has 0 aliphatic carbocycles. The highest BCUT2D eigenvalue weighted by Gasteiger charge is 2.17. The standard InChI is InChI=1S/C12H21N3O2/c1-4-5-6-7-8-15-12(10(2)17-3)11(9-16)13-14-15/h9-10H,4-8H2,1-3H3. The SMILES string of the molecule is CCCCCCn1nnc(C=O)c1C(C)OC. The zero-order chi connectivity index (χ0) is 12.7. The maximum absolute atomic E-state index is 10.9. The summed E-state index contributed by atoms with van der Waals surface area (Å²) in [5.41, 5.74) is 1.16. The fourth-order valence-corrected chi connectivity index (χ4v) is 1.80. The fourth-order valence-electron chi connectivity index (χ4n) is 1.80. The molecule has 5 heteroatoms. The number of carbonyl (C=O) groups excluding carboxylic acids is 1. The van der Waals surface area contributed by atoms with E-state index < -0.39 is 0 Å². The summed E-state index contributed by atoms with van der Waals surface area (Å²) in [6, 6.07) is 0. The third kappa shape index (κ3) is 3.63. The molecule has 1 heterocycles. The number of aldehydes is 1. The van der Waals surface area contributed by atoms with E-state index in [9.17, 15) is 4.79 Å². The van der Waals surface area contributed by atoms with Gasteiger partial charge in [-0.2, -0.15) is 0 Å². The van der Waals surface area contributed by atoms with Gasteiger partial charge in [-0.1, -0.05) is 31.4 Å². The van der Waals surface area contributed by atoms with Gasteiger partial charge in [0.1, 0.15) is 0 Å². The lowest BCUT2D eigenvalue weighted by molar-refractivity contribution is 0.105. The van der Waals surface area contributed by atoms with E-state index in [4.69, 9.17) is 4.74 Å². The highest BCUT2D eigenvalue weighted by Crippen LogP contribution is 2.18. The van der Waals surface area contributed by atoms with Crippen LogP contribution in [0.2, 0.25) is 0 Å². The van der Waals surface area contributed by atoms with E-state index in [0.29, 0.717) is 5.69 Å². The van der Waals surface area contributed by atoms with Gasteiger partial charge in [0.2, 0.25) is 0 Å². The number of aryl methyl sites for hydroxylation is 1. The summed E-state index contributed by atoms with van der Waals surface area (Å²) < 4.78 is 7.03. The van der Waals surface area contributed by atoms with Crippen molar-refractivity contribution in [1.29, 1.82) is 0 Å². The zero-order valence-electron chi connectivity index (χ0n) is 10.8. The Hall–Kier alpha value is -1.23. The first-order chi connectivity index (χ1) is 8.24. The largest absolute Gasteiger partial charge is 0.375 e. The second-order valence-corrected chi connectivity index (χ2v) is 4.14. The predicted molar refractivity (Wildman–Crippen MR) is 65.0 cm³/mol. The summed E-state index contributed by atoms with van der Waals surface area (Å²) in [5, 5.41) is 7.88. The number of methoxy groups -OCH3 is 1. The fraction of sp³-hybridized carbons (Fsp3) is 0.750. The van der Waals surface area contributed by atoms with Crippen molar-refractivity contribution in [2.75, 3.05) is 7.11 Å². The highest BCUT2D eigenvalue weighted by atomic mass is 16.5. The second kappa shape index (κ2) is 7.17. The van der Waals surface area contributed by atoms with Crippen LogP contribution in [0, 0.1) is 0 Å². The molecular formula is C12H21N3O2. The van der Waals surface area contributed by atoms with Crippen molar-refractivity contribution in [2.45, 2.75) is 52.2 Å². The monoisotopic (exact) mass is 239 g/mol. The van der Waals surface area contributed by atoms with Crippen LogP contribution in [0.3, 0.4) is 0 Å². The number of nitrogens with zero attached hydrogens (tertiary/aromatic N) is 3. The normalized spacial score (nSPS) is 12.6. The Morgan fingerprint density at radius 1 is 1.41 bits per heavy atom. The summed E-state index contributed by atoms with van der Waals surface area (Å²) in [6.45, 7) is 4.87. The molecule has 0 saturated heterocycles. The van der Waals surface area contributed by atoms with Gasteiger partial charge in [0, 0.05) is 13.7 Å². The lowest BCUT2D eigenvalue weighted by Gasteiger charge is -2.12. The topological polar surface area (TPSA) is 57.0 Å². The average Bonchev–Trinajstić information content (AvgIpc) is 2.76. The molecule has 0 bridgehead atoms. The first-order valence-corrected chi connectivity index (χ1v) is 6.15. The molecule has 1 unspecified atom stereocenters. The molecule has 0 amide bonds. The summed E-state index contributed by atoms with van der Waals surface area (Å²) in [4.78, 5) is 10.9. The Balaban J connectivity index is 2.70. The van der Waals surface area contributed by atoms with Gasteiger partial charge in [-0.25, -0.2) is 4.68 Å². The highest BCUT2D eigenvalue weighted by molar-refractivity contribution is 5.73. The number of hydrogen-bond donors (Lipinski definition) is 0. The van der Waals surface area contributed by atoms with Crippen LogP contribution in [0.15, 0.2) is 0 Å². The van der Waals surface area contributed by atoms with E-state index in [-0.39, 0.29) is 6.10 Å². The van der Waals surface area contributed by atoms with Gasteiger partial charge in [0.15, 0.2) is 12.0 Å². The quantitative estimate of drug-likeness (QED) is 0.516. The molecule has 1 aromatic heterocycles. The van der Waals surface area contributed by atoms with Gasteiger partial charge in [-0.05, 0) is 13.3 Å². The number of unbranched alkanes of at least 4 members (excludes halogenated alkanes) is 3. The molecule has 17 heavy (non-hydrogen) atoms. The van der Waals surface area contributed by atoms with E-state index in [1.165, 1.54) is 19.3 Å². The molecule has 0 saturated carbocycles. The Morgan fingerprint density at radius 2 is 2.18 bits per heavy atom. The number of aromatic nitrogens is 3. The van der Waals surface area contributed by atoms with Gasteiger partial charge in [-0.3, -0.25) is 4.79 Å². The molecule has 0 fully saturated rings. The van der Waals surface area contributed by atoms with Crippen molar-refractivity contribution >= 4 is 6.29 Å². The molecule has 1 rings (SSSR count). The van der Waals surface area contributed by atoms with Crippen molar-refractivity contribution in [3.8, 4) is 0 Å². The molecule has 5 nitrogen and oxygen atoms in total. The zero-order valence-corrected chi connectivity index (χ0v) is 10.8. The average molecular weight is 239 g/mol. The van der Waals surface area contributed by atoms with Crippen molar-refractivity contribution in [3.05, 3.63) is 11.4 Å². The van der Waals surface area contributed by atoms with Crippen LogP contribution in [0.4, 0.5) is 0 Å². The Bertz CT molecular complexity index is 350. The Kier molecular flexibility index (Phi) is 5.83. The van der Waals surface area contributed by atoms with Gasteiger partial charge < -0.3 is 4.74 Å². The number of hydrogen-bond acceptors (Lipinski definition) is 4. The van der Waals surface area contributed by atoms with Crippen LogP contribution in [0.1, 0.15) is 61.8 Å². The molecule has 0 spiro atoms. The third-order valence-corrected chi connectivity index (χ3v) is 2.87. The molecule has 0 N–H and O–H groups in total. The number of rotatable bonds is 8. The van der Waals surface area contributed by atoms with Crippen LogP contribution in [-0.4, -0.2) is 28.4 Å². The molecule has 96 valence electrons. The van der Waals surface area contributed by atoms with Crippen LogP contribution in [0.5, 0.6) is 0 Å². The van der Waals surface area contributed by atoms with Gasteiger partial charge >= 0.3 is 0 Å². The van der Waals surface area contributed by atoms with Gasteiger partial charge in [-0.15, -0.1) is 5.10 Å². The minimum atomic E-state index is -0.156. The van der Waals surface area contributed by atoms with Crippen molar-refractivity contribution in [2.24, 2.45) is 0 Å². The predicted octanol–water partition coefficient (Wildman–Crippen LogP) is 2.38. The van der Waals surface area contributed by atoms with E-state index in [2.05, 4.69) is 17.2 Å². The molecule has 1 aromatic rings. The van der Waals surface area contributed by atoms with Crippen LogP contribution >= 0.6 is 0 Å². The van der Waals surface area contributed by atoms with E-state index in [1.807, 2.05) is 6.92 Å². The lowest BCUT2D eigenvalue weighted by atomic mass is 10.2. The van der Waals surface area contributed by atoms with Crippen LogP contribution < -0.4 is 0 Å². The molecule has 1 atom stereocenters. The minimum Gasteiger partial charge on any atom is -0.375 e. The molecule has 0 radical (unpaired) electrons. The van der Waals surface area contributed by atoms with Crippen molar-refractivity contribution < 1.29 is 9.53 Å². The minimum absolute atomic E-state index is 0.156. The maximum Gasteiger partial charge on any atom is 0.172 e. The van der Waals surface area contributed by atoms with E-state index in [1.54, 1.807) is 11.8 Å². The van der Waals surface area contributed by atoms with Crippen LogP contribution in [0.25, 0.3) is 0 Å². The van der Waals surface area contributed by atoms with Crippen LogP contribution in [-0.2, 0) is 11.3 Å². The Labute approximate surface area is 102 Å². The second-order valence-electron chi connectivity index (χ2n) is 4.14. The number of ether oxygens (including phenoxy) is 1. The smallest absolute Gasteiger partial charge is 0.172 e. The van der Waals surface area contributed by atoms with Crippen molar-refractivity contribution in [1.82, 2.24) is 15.0 Å². The maximum atomic E-state index is 10.9. The first-order valence-electron chi connectivity index (χ1n) is 6.15. The molecular weight excluding hydrogens is 218 g/mol. The first kappa shape index (κ1) is 13.8. The molecule has 0 aliphatic rings. The van der Waals surface area contributed by atoms with Crippen molar-refractivity contribution in [3.63, 3.8) is 0 Å². The molecule has 0 aromatic carbocycles. The third-order valence-electron chi connectivity index (χ3n) is 2.87. The summed E-state index contributed by atoms with van der Waals surface area (Å²) in [7, 11) is 1.62. The summed E-state index contributed by atoms with van der Waals surface area (Å²) >= 11 is 0. The lowest BCUT2D eigenvalue weighted by Crippen LogP contribution is -2.10. The van der Waals surface area contributed by atoms with Gasteiger partial charge in [0.05, 0.1) is 11.8 Å². The number of carbonyl (C=O) groups is 1. The summed E-state index contributed by atoms with van der Waals surface area (Å²) in [6.07, 6.45) is 5.24. The Morgan fingerprint density at radius 3 is 2.76 bits per heavy atom. The van der Waals surface area contributed by atoms with E-state index >= 15 is 0 Å².